The lowest BCUT2D eigenvalue weighted by molar-refractivity contribution is 0.262. The molecule has 5 rings (SSSR count). The quantitative estimate of drug-likeness (QED) is 0.264. The van der Waals surface area contributed by atoms with Gasteiger partial charge in [-0.2, -0.15) is 10.2 Å². The molecule has 2 N–H and O–H groups in total. The van der Waals surface area contributed by atoms with Crippen LogP contribution in [0.2, 0.25) is 0 Å². The maximum Gasteiger partial charge on any atom is 0.324 e. The van der Waals surface area contributed by atoms with Gasteiger partial charge in [-0.15, -0.1) is 0 Å². The summed E-state index contributed by atoms with van der Waals surface area (Å²) in [6, 6.07) is 13.4. The minimum atomic E-state index is -0.441. The standard InChI is InChI=1S/C30H30FN7O/c1-7-23-28-22(16-32-17-25(28)37(6)35-23)19-9-12-21(13-10-19)33-29(39)34-27-15-26(30(3,4)5)36-38(27)24-14-20(31)11-8-18(24)2/h7-17H,1H2,2-6H3,(H2,33,34,39). The molecule has 0 aliphatic carbocycles. The van der Waals surface area contributed by atoms with Crippen LogP contribution in [-0.4, -0.2) is 30.6 Å². The molecule has 0 aliphatic rings. The Kier molecular flexibility index (Phi) is 6.51. The molecule has 9 heteroatoms. The Hall–Kier alpha value is -4.79. The Morgan fingerprint density at radius 3 is 2.46 bits per heavy atom. The van der Waals surface area contributed by atoms with Crippen LogP contribution in [0.4, 0.5) is 20.7 Å². The van der Waals surface area contributed by atoms with Crippen LogP contribution < -0.4 is 10.6 Å². The number of amides is 2. The molecule has 0 atom stereocenters. The lowest BCUT2D eigenvalue weighted by Gasteiger charge is -2.14. The summed E-state index contributed by atoms with van der Waals surface area (Å²) in [5.41, 5.74) is 6.04. The summed E-state index contributed by atoms with van der Waals surface area (Å²) in [5.74, 6) is 0.0605. The number of urea groups is 1. The number of carbonyl (C=O) groups excluding carboxylic acids is 1. The van der Waals surface area contributed by atoms with E-state index in [0.29, 0.717) is 17.2 Å². The molecule has 0 saturated carbocycles. The van der Waals surface area contributed by atoms with Crippen LogP contribution in [0.3, 0.4) is 0 Å². The molecular weight excluding hydrogens is 493 g/mol. The third kappa shape index (κ3) is 5.03. The molecule has 0 unspecified atom stereocenters. The van der Waals surface area contributed by atoms with E-state index in [4.69, 9.17) is 0 Å². The van der Waals surface area contributed by atoms with E-state index in [1.54, 1.807) is 33.9 Å². The predicted molar refractivity (Wildman–Crippen MR) is 154 cm³/mol. The number of benzene rings is 2. The molecule has 0 aliphatic heterocycles. The Labute approximate surface area is 226 Å². The minimum Gasteiger partial charge on any atom is -0.308 e. The van der Waals surface area contributed by atoms with Crippen molar-refractivity contribution in [3.05, 3.63) is 90.3 Å². The molecule has 8 nitrogen and oxygen atoms in total. The van der Waals surface area contributed by atoms with Crippen LogP contribution in [0, 0.1) is 12.7 Å². The van der Waals surface area contributed by atoms with Gasteiger partial charge in [0.05, 0.1) is 28.8 Å². The zero-order valence-electron chi connectivity index (χ0n) is 22.6. The fourth-order valence-electron chi connectivity index (χ4n) is 4.43. The van der Waals surface area contributed by atoms with Gasteiger partial charge < -0.3 is 5.32 Å². The average Bonchev–Trinajstić information content (AvgIpc) is 3.47. The number of fused-ring (bicyclic) bond motifs is 1. The van der Waals surface area contributed by atoms with Gasteiger partial charge in [-0.3, -0.25) is 15.0 Å². The van der Waals surface area contributed by atoms with Crippen LogP contribution in [0.15, 0.2) is 67.5 Å². The summed E-state index contributed by atoms with van der Waals surface area (Å²) < 4.78 is 17.4. The second-order valence-corrected chi connectivity index (χ2v) is 10.5. The highest BCUT2D eigenvalue weighted by molar-refractivity contribution is 6.01. The second-order valence-electron chi connectivity index (χ2n) is 10.5. The minimum absolute atomic E-state index is 0.271. The van der Waals surface area contributed by atoms with E-state index in [9.17, 15) is 9.18 Å². The Morgan fingerprint density at radius 1 is 1.03 bits per heavy atom. The first-order valence-electron chi connectivity index (χ1n) is 12.5. The molecule has 0 spiro atoms. The number of carbonyl (C=O) groups is 1. The summed E-state index contributed by atoms with van der Waals surface area (Å²) in [5, 5.41) is 15.9. The second kappa shape index (κ2) is 9.83. The molecule has 5 aromatic rings. The van der Waals surface area contributed by atoms with E-state index in [1.807, 2.05) is 65.1 Å². The maximum atomic E-state index is 14.1. The molecule has 3 heterocycles. The highest BCUT2D eigenvalue weighted by Crippen LogP contribution is 2.32. The van der Waals surface area contributed by atoms with Crippen LogP contribution in [-0.2, 0) is 12.5 Å². The number of rotatable bonds is 5. The third-order valence-electron chi connectivity index (χ3n) is 6.55. The first kappa shape index (κ1) is 25.8. The lowest BCUT2D eigenvalue weighted by atomic mass is 9.92. The number of anilines is 2. The molecule has 39 heavy (non-hydrogen) atoms. The summed E-state index contributed by atoms with van der Waals surface area (Å²) in [4.78, 5) is 17.4. The first-order valence-corrected chi connectivity index (χ1v) is 12.5. The van der Waals surface area contributed by atoms with E-state index in [2.05, 4.69) is 32.4 Å². The van der Waals surface area contributed by atoms with Gasteiger partial charge in [0.1, 0.15) is 11.6 Å². The largest absolute Gasteiger partial charge is 0.324 e. The summed E-state index contributed by atoms with van der Waals surface area (Å²) in [7, 11) is 1.87. The SMILES string of the molecule is C=Cc1nn(C)c2cncc(-c3ccc(NC(=O)Nc4cc(C(C)(C)C)nn4-c4cc(F)ccc4C)cc3)c12. The highest BCUT2D eigenvalue weighted by Gasteiger charge is 2.22. The van der Waals surface area contributed by atoms with Crippen molar-refractivity contribution >= 4 is 34.5 Å². The van der Waals surface area contributed by atoms with Crippen molar-refractivity contribution in [3.8, 4) is 16.8 Å². The van der Waals surface area contributed by atoms with E-state index >= 15 is 0 Å². The summed E-state index contributed by atoms with van der Waals surface area (Å²) >= 11 is 0. The monoisotopic (exact) mass is 523 g/mol. The number of nitrogens with zero attached hydrogens (tertiary/aromatic N) is 5. The van der Waals surface area contributed by atoms with Crippen LogP contribution in [0.1, 0.15) is 37.7 Å². The van der Waals surface area contributed by atoms with Gasteiger partial charge in [0.15, 0.2) is 0 Å². The molecule has 198 valence electrons. The fourth-order valence-corrected chi connectivity index (χ4v) is 4.43. The van der Waals surface area contributed by atoms with Gasteiger partial charge in [0.25, 0.3) is 0 Å². The van der Waals surface area contributed by atoms with Crippen molar-refractivity contribution in [1.82, 2.24) is 24.5 Å². The molecule has 0 saturated heterocycles. The van der Waals surface area contributed by atoms with Crippen LogP contribution in [0.25, 0.3) is 33.8 Å². The highest BCUT2D eigenvalue weighted by atomic mass is 19.1. The van der Waals surface area contributed by atoms with Gasteiger partial charge >= 0.3 is 6.03 Å². The molecule has 0 fully saturated rings. The number of aryl methyl sites for hydroxylation is 2. The molecular formula is C30H30FN7O. The van der Waals surface area contributed by atoms with Crippen LogP contribution >= 0.6 is 0 Å². The first-order chi connectivity index (χ1) is 18.5. The van der Waals surface area contributed by atoms with Crippen molar-refractivity contribution in [3.63, 3.8) is 0 Å². The Morgan fingerprint density at radius 2 is 1.77 bits per heavy atom. The normalized spacial score (nSPS) is 11.5. The van der Waals surface area contributed by atoms with Crippen molar-refractivity contribution < 1.29 is 9.18 Å². The predicted octanol–water partition coefficient (Wildman–Crippen LogP) is 6.85. The van der Waals surface area contributed by atoms with E-state index in [1.165, 1.54) is 12.1 Å². The van der Waals surface area contributed by atoms with Crippen molar-refractivity contribution in [2.45, 2.75) is 33.1 Å². The van der Waals surface area contributed by atoms with Crippen molar-refractivity contribution in [2.75, 3.05) is 10.6 Å². The average molecular weight is 524 g/mol. The number of hydrogen-bond donors (Lipinski definition) is 2. The Bertz CT molecular complexity index is 1710. The Balaban J connectivity index is 1.40. The third-order valence-corrected chi connectivity index (χ3v) is 6.55. The topological polar surface area (TPSA) is 89.7 Å². The number of nitrogens with one attached hydrogen (secondary N) is 2. The number of aromatic nitrogens is 5. The smallest absolute Gasteiger partial charge is 0.308 e. The molecule has 2 aromatic carbocycles. The summed E-state index contributed by atoms with van der Waals surface area (Å²) in [6.45, 7) is 11.8. The van der Waals surface area contributed by atoms with E-state index < -0.39 is 6.03 Å². The van der Waals surface area contributed by atoms with Gasteiger partial charge in [-0.25, -0.2) is 13.9 Å². The zero-order valence-corrected chi connectivity index (χ0v) is 22.6. The summed E-state index contributed by atoms with van der Waals surface area (Å²) in [6.07, 6.45) is 5.31. The van der Waals surface area contributed by atoms with Gasteiger partial charge in [0.2, 0.25) is 0 Å². The molecule has 0 bridgehead atoms. The fraction of sp³-hybridized carbons (Fsp3) is 0.200. The number of hydrogen-bond acceptors (Lipinski definition) is 4. The van der Waals surface area contributed by atoms with Crippen LogP contribution in [0.5, 0.6) is 0 Å². The van der Waals surface area contributed by atoms with Crippen molar-refractivity contribution in [2.24, 2.45) is 7.05 Å². The van der Waals surface area contributed by atoms with E-state index in [-0.39, 0.29) is 11.2 Å². The van der Waals surface area contributed by atoms with Crippen molar-refractivity contribution in [1.29, 1.82) is 0 Å². The lowest BCUT2D eigenvalue weighted by Crippen LogP contribution is -2.21. The number of halogens is 1. The maximum absolute atomic E-state index is 14.1. The van der Waals surface area contributed by atoms with E-state index in [0.717, 1.165) is 39.0 Å². The molecule has 2 amide bonds. The van der Waals surface area contributed by atoms with Gasteiger partial charge in [-0.05, 0) is 48.4 Å². The molecule has 0 radical (unpaired) electrons. The van der Waals surface area contributed by atoms with Gasteiger partial charge in [0, 0.05) is 41.4 Å². The molecule has 3 aromatic heterocycles. The zero-order chi connectivity index (χ0) is 27.9. The number of pyridine rings is 1. The van der Waals surface area contributed by atoms with Gasteiger partial charge in [-0.1, -0.05) is 45.5 Å².